The van der Waals surface area contributed by atoms with E-state index in [0.29, 0.717) is 11.5 Å². The maximum atomic E-state index is 11.1. The summed E-state index contributed by atoms with van der Waals surface area (Å²) < 4.78 is 1.76. The number of carbonyl (C=O) groups excluding carboxylic acids is 1. The van der Waals surface area contributed by atoms with E-state index in [2.05, 4.69) is 20.2 Å². The van der Waals surface area contributed by atoms with Crippen LogP contribution in [0.25, 0.3) is 16.9 Å². The molecular formula is C12H10N6O. The van der Waals surface area contributed by atoms with Gasteiger partial charge in [0.25, 0.3) is 0 Å². The number of pyridine rings is 1. The molecule has 0 saturated heterocycles. The van der Waals surface area contributed by atoms with E-state index in [1.54, 1.807) is 29.2 Å². The van der Waals surface area contributed by atoms with Crippen molar-refractivity contribution in [3.8, 4) is 11.3 Å². The number of hydrogen-bond donors (Lipinski definition) is 1. The number of primary amides is 1. The van der Waals surface area contributed by atoms with Crippen molar-refractivity contribution in [3.05, 3.63) is 42.7 Å². The number of hydrogen-bond acceptors (Lipinski definition) is 5. The summed E-state index contributed by atoms with van der Waals surface area (Å²) in [5.74, 6) is 0.0343. The molecule has 0 unspecified atom stereocenters. The largest absolute Gasteiger partial charge is 0.369 e. The van der Waals surface area contributed by atoms with Crippen LogP contribution in [0.2, 0.25) is 0 Å². The van der Waals surface area contributed by atoms with Gasteiger partial charge in [-0.1, -0.05) is 0 Å². The summed E-state index contributed by atoms with van der Waals surface area (Å²) in [6.07, 6.45) is 6.69. The van der Waals surface area contributed by atoms with E-state index in [1.165, 1.54) is 0 Å². The van der Waals surface area contributed by atoms with Gasteiger partial charge in [0.2, 0.25) is 5.91 Å². The van der Waals surface area contributed by atoms with E-state index in [1.807, 2.05) is 12.1 Å². The van der Waals surface area contributed by atoms with Crippen molar-refractivity contribution < 1.29 is 4.79 Å². The molecule has 7 nitrogen and oxygen atoms in total. The molecule has 0 radical (unpaired) electrons. The lowest BCUT2D eigenvalue weighted by Crippen LogP contribution is -2.16. The minimum atomic E-state index is -0.455. The molecule has 0 aromatic carbocycles. The Kier molecular flexibility index (Phi) is 2.64. The number of nitrogens with two attached hydrogens (primary N) is 1. The molecular weight excluding hydrogens is 244 g/mol. The molecule has 3 rings (SSSR count). The first kappa shape index (κ1) is 11.3. The lowest BCUT2D eigenvalue weighted by molar-refractivity contribution is -0.117. The topological polar surface area (TPSA) is 99.1 Å². The minimum Gasteiger partial charge on any atom is -0.369 e. The van der Waals surface area contributed by atoms with E-state index in [4.69, 9.17) is 5.73 Å². The highest BCUT2D eigenvalue weighted by atomic mass is 16.1. The summed E-state index contributed by atoms with van der Waals surface area (Å²) in [6, 6.07) is 3.73. The molecule has 0 aliphatic rings. The SMILES string of the molecule is NC(=O)Cc1nnc2cncc(-c3cccnc3)n12. The predicted molar refractivity (Wildman–Crippen MR) is 66.9 cm³/mol. The fourth-order valence-electron chi connectivity index (χ4n) is 1.90. The van der Waals surface area contributed by atoms with Crippen molar-refractivity contribution in [2.24, 2.45) is 5.73 Å². The number of nitrogens with zero attached hydrogens (tertiary/aromatic N) is 5. The second-order valence-corrected chi connectivity index (χ2v) is 3.99. The molecule has 0 saturated carbocycles. The van der Waals surface area contributed by atoms with Crippen molar-refractivity contribution in [3.63, 3.8) is 0 Å². The van der Waals surface area contributed by atoms with Crippen LogP contribution in [-0.2, 0) is 11.2 Å². The van der Waals surface area contributed by atoms with Gasteiger partial charge in [0.15, 0.2) is 5.65 Å². The van der Waals surface area contributed by atoms with Gasteiger partial charge in [-0.2, -0.15) is 0 Å². The van der Waals surface area contributed by atoms with Gasteiger partial charge in [-0.25, -0.2) is 0 Å². The van der Waals surface area contributed by atoms with Gasteiger partial charge >= 0.3 is 0 Å². The van der Waals surface area contributed by atoms with Crippen molar-refractivity contribution in [2.75, 3.05) is 0 Å². The monoisotopic (exact) mass is 254 g/mol. The zero-order valence-corrected chi connectivity index (χ0v) is 9.89. The molecule has 19 heavy (non-hydrogen) atoms. The Bertz CT molecular complexity index is 736. The Morgan fingerprint density at radius 3 is 2.84 bits per heavy atom. The van der Waals surface area contributed by atoms with Crippen LogP contribution in [-0.4, -0.2) is 30.5 Å². The molecule has 0 bridgehead atoms. The second kappa shape index (κ2) is 4.45. The summed E-state index contributed by atoms with van der Waals surface area (Å²) in [6.45, 7) is 0. The van der Waals surface area contributed by atoms with Crippen LogP contribution in [0.3, 0.4) is 0 Å². The van der Waals surface area contributed by atoms with Crippen LogP contribution in [0.15, 0.2) is 36.9 Å². The van der Waals surface area contributed by atoms with Gasteiger partial charge < -0.3 is 5.73 Å². The third kappa shape index (κ3) is 2.01. The Hall–Kier alpha value is -2.83. The molecule has 0 aliphatic carbocycles. The summed E-state index contributed by atoms with van der Waals surface area (Å²) in [5.41, 5.74) is 7.42. The molecule has 2 N–H and O–H groups in total. The predicted octanol–water partition coefficient (Wildman–Crippen LogP) is 0.214. The third-order valence-electron chi connectivity index (χ3n) is 2.67. The summed E-state index contributed by atoms with van der Waals surface area (Å²) in [4.78, 5) is 19.3. The van der Waals surface area contributed by atoms with E-state index >= 15 is 0 Å². The third-order valence-corrected chi connectivity index (χ3v) is 2.67. The molecule has 94 valence electrons. The molecule has 0 spiro atoms. The number of rotatable bonds is 3. The number of carbonyl (C=O) groups is 1. The number of amides is 1. The van der Waals surface area contributed by atoms with E-state index in [0.717, 1.165) is 11.3 Å². The van der Waals surface area contributed by atoms with Crippen LogP contribution >= 0.6 is 0 Å². The zero-order valence-electron chi connectivity index (χ0n) is 9.89. The summed E-state index contributed by atoms with van der Waals surface area (Å²) in [7, 11) is 0. The van der Waals surface area contributed by atoms with Gasteiger partial charge in [0.05, 0.1) is 24.5 Å². The first-order valence-electron chi connectivity index (χ1n) is 5.62. The Labute approximate surface area is 108 Å². The molecule has 3 heterocycles. The molecule has 0 atom stereocenters. The van der Waals surface area contributed by atoms with Gasteiger partial charge in [-0.3, -0.25) is 19.2 Å². The Morgan fingerprint density at radius 1 is 1.21 bits per heavy atom. The molecule has 7 heteroatoms. The number of fused-ring (bicyclic) bond motifs is 1. The summed E-state index contributed by atoms with van der Waals surface area (Å²) in [5, 5.41) is 7.95. The highest BCUT2D eigenvalue weighted by Crippen LogP contribution is 2.19. The maximum Gasteiger partial charge on any atom is 0.225 e. The van der Waals surface area contributed by atoms with E-state index in [-0.39, 0.29) is 6.42 Å². The van der Waals surface area contributed by atoms with Crippen LogP contribution in [0, 0.1) is 0 Å². The van der Waals surface area contributed by atoms with Crippen LogP contribution < -0.4 is 5.73 Å². The van der Waals surface area contributed by atoms with E-state index < -0.39 is 5.91 Å². The van der Waals surface area contributed by atoms with Crippen LogP contribution in [0.5, 0.6) is 0 Å². The van der Waals surface area contributed by atoms with Crippen molar-refractivity contribution in [1.29, 1.82) is 0 Å². The quantitative estimate of drug-likeness (QED) is 0.720. The Morgan fingerprint density at radius 2 is 2.11 bits per heavy atom. The summed E-state index contributed by atoms with van der Waals surface area (Å²) >= 11 is 0. The first-order chi connectivity index (χ1) is 9.25. The Balaban J connectivity index is 2.24. The molecule has 0 aliphatic heterocycles. The zero-order chi connectivity index (χ0) is 13.2. The molecule has 3 aromatic heterocycles. The van der Waals surface area contributed by atoms with Crippen LogP contribution in [0.4, 0.5) is 0 Å². The minimum absolute atomic E-state index is 0.0262. The van der Waals surface area contributed by atoms with Gasteiger partial charge in [0, 0.05) is 18.0 Å². The second-order valence-electron chi connectivity index (χ2n) is 3.99. The van der Waals surface area contributed by atoms with Gasteiger partial charge in [-0.05, 0) is 12.1 Å². The van der Waals surface area contributed by atoms with Crippen LogP contribution in [0.1, 0.15) is 5.82 Å². The van der Waals surface area contributed by atoms with Gasteiger partial charge in [0.1, 0.15) is 5.82 Å². The first-order valence-corrected chi connectivity index (χ1v) is 5.62. The van der Waals surface area contributed by atoms with Crippen molar-refractivity contribution in [1.82, 2.24) is 24.6 Å². The highest BCUT2D eigenvalue weighted by molar-refractivity contribution is 5.76. The maximum absolute atomic E-state index is 11.1. The van der Waals surface area contributed by atoms with E-state index in [9.17, 15) is 4.79 Å². The standard InChI is InChI=1S/C12H10N6O/c13-10(19)4-11-16-17-12-7-15-6-9(18(11)12)8-2-1-3-14-5-8/h1-3,5-7H,4H2,(H2,13,19). The lowest BCUT2D eigenvalue weighted by Gasteiger charge is -2.05. The molecule has 3 aromatic rings. The average molecular weight is 254 g/mol. The van der Waals surface area contributed by atoms with Crippen molar-refractivity contribution in [2.45, 2.75) is 6.42 Å². The fourth-order valence-corrected chi connectivity index (χ4v) is 1.90. The normalized spacial score (nSPS) is 10.7. The lowest BCUT2D eigenvalue weighted by atomic mass is 10.2. The number of aromatic nitrogens is 5. The molecule has 1 amide bonds. The van der Waals surface area contributed by atoms with Crippen molar-refractivity contribution >= 4 is 11.6 Å². The highest BCUT2D eigenvalue weighted by Gasteiger charge is 2.13. The van der Waals surface area contributed by atoms with Gasteiger partial charge in [-0.15, -0.1) is 10.2 Å². The smallest absolute Gasteiger partial charge is 0.225 e. The fraction of sp³-hybridized carbons (Fsp3) is 0.0833. The molecule has 0 fully saturated rings. The average Bonchev–Trinajstić information content (AvgIpc) is 2.82.